The lowest BCUT2D eigenvalue weighted by atomic mass is 10.0. The molecule has 0 saturated heterocycles. The van der Waals surface area contributed by atoms with Crippen LogP contribution in [0.15, 0.2) is 18.2 Å². The molecule has 1 aromatic carbocycles. The lowest BCUT2D eigenvalue weighted by Crippen LogP contribution is -2.37. The Morgan fingerprint density at radius 3 is 2.50 bits per heavy atom. The molecular weight excluding hydrogens is 234 g/mol. The third kappa shape index (κ3) is 2.92. The van der Waals surface area contributed by atoms with Gasteiger partial charge in [0, 0.05) is 11.6 Å². The highest BCUT2D eigenvalue weighted by Crippen LogP contribution is 2.31. The molecule has 2 N–H and O–H groups in total. The molecule has 1 rings (SSSR count). The van der Waals surface area contributed by atoms with Gasteiger partial charge in [-0.05, 0) is 39.1 Å². The van der Waals surface area contributed by atoms with Crippen molar-refractivity contribution in [3.05, 3.63) is 23.8 Å². The Bertz CT molecular complexity index is 433. The van der Waals surface area contributed by atoms with E-state index in [2.05, 4.69) is 0 Å². The Kier molecular flexibility index (Phi) is 4.55. The minimum atomic E-state index is -0.897. The second-order valence-electron chi connectivity index (χ2n) is 4.28. The molecule has 2 unspecified atom stereocenters. The van der Waals surface area contributed by atoms with Gasteiger partial charge >= 0.3 is 5.97 Å². The minimum Gasteiger partial charge on any atom is -0.508 e. The molecule has 0 radical (unpaired) electrons. The molecule has 5 heteroatoms. The zero-order valence-corrected chi connectivity index (χ0v) is 11.0. The number of ether oxygens (including phenoxy) is 1. The van der Waals surface area contributed by atoms with Gasteiger partial charge in [-0.25, -0.2) is 0 Å². The number of carboxylic acid groups (broad SMARTS) is 1. The number of benzene rings is 1. The normalized spacial score (nSPS) is 14.3. The van der Waals surface area contributed by atoms with E-state index in [1.807, 2.05) is 6.92 Å². The number of hydrogen-bond acceptors (Lipinski definition) is 4. The van der Waals surface area contributed by atoms with Crippen LogP contribution >= 0.6 is 0 Å². The third-order valence-electron chi connectivity index (χ3n) is 3.26. The van der Waals surface area contributed by atoms with Gasteiger partial charge in [-0.3, -0.25) is 9.69 Å². The molecule has 1 aromatic rings. The van der Waals surface area contributed by atoms with Crippen LogP contribution < -0.4 is 4.74 Å². The number of carboxylic acids is 1. The molecule has 0 saturated carbocycles. The monoisotopic (exact) mass is 253 g/mol. The fourth-order valence-electron chi connectivity index (χ4n) is 1.72. The SMILES string of the molecule is COc1ccc(O)c(C(C)N(C)C(C)C(=O)O)c1. The molecule has 5 nitrogen and oxygen atoms in total. The number of hydrogen-bond donors (Lipinski definition) is 2. The number of aromatic hydroxyl groups is 1. The molecule has 2 atom stereocenters. The fraction of sp³-hybridized carbons (Fsp3) is 0.462. The quantitative estimate of drug-likeness (QED) is 0.838. The highest BCUT2D eigenvalue weighted by Gasteiger charge is 2.24. The van der Waals surface area contributed by atoms with Gasteiger partial charge in [-0.1, -0.05) is 0 Å². The van der Waals surface area contributed by atoms with Crippen molar-refractivity contribution in [2.24, 2.45) is 0 Å². The van der Waals surface area contributed by atoms with Crippen LogP contribution in [-0.2, 0) is 4.79 Å². The Morgan fingerprint density at radius 2 is 2.00 bits per heavy atom. The molecule has 0 aromatic heterocycles. The predicted octanol–water partition coefficient (Wildman–Crippen LogP) is 1.87. The van der Waals surface area contributed by atoms with Crippen molar-refractivity contribution in [2.75, 3.05) is 14.2 Å². The molecule has 0 amide bonds. The summed E-state index contributed by atoms with van der Waals surface area (Å²) in [6.45, 7) is 3.45. The van der Waals surface area contributed by atoms with Crippen LogP contribution in [0.4, 0.5) is 0 Å². The van der Waals surface area contributed by atoms with Gasteiger partial charge < -0.3 is 14.9 Å². The van der Waals surface area contributed by atoms with E-state index in [0.29, 0.717) is 11.3 Å². The van der Waals surface area contributed by atoms with Gasteiger partial charge in [-0.2, -0.15) is 0 Å². The lowest BCUT2D eigenvalue weighted by Gasteiger charge is -2.29. The Balaban J connectivity index is 3.02. The van der Waals surface area contributed by atoms with Gasteiger partial charge in [0.25, 0.3) is 0 Å². The van der Waals surface area contributed by atoms with Crippen molar-refractivity contribution < 1.29 is 19.7 Å². The molecular formula is C13H19NO4. The summed E-state index contributed by atoms with van der Waals surface area (Å²) in [6, 6.07) is 4.05. The van der Waals surface area contributed by atoms with Crippen molar-refractivity contribution in [1.29, 1.82) is 0 Å². The predicted molar refractivity (Wildman–Crippen MR) is 67.9 cm³/mol. The van der Waals surface area contributed by atoms with Gasteiger partial charge in [0.1, 0.15) is 17.5 Å². The summed E-state index contributed by atoms with van der Waals surface area (Å²) >= 11 is 0. The standard InChI is InChI=1S/C13H19NO4/c1-8(14(3)9(2)13(16)17)11-7-10(18-4)5-6-12(11)15/h5-9,15H,1-4H3,(H,16,17). The van der Waals surface area contributed by atoms with Crippen LogP contribution in [0.1, 0.15) is 25.5 Å². The number of nitrogens with zero attached hydrogens (tertiary/aromatic N) is 1. The molecule has 0 aliphatic carbocycles. The number of aliphatic carboxylic acids is 1. The van der Waals surface area contributed by atoms with Gasteiger partial charge in [0.15, 0.2) is 0 Å². The Hall–Kier alpha value is -1.75. The summed E-state index contributed by atoms with van der Waals surface area (Å²) < 4.78 is 5.10. The first-order valence-corrected chi connectivity index (χ1v) is 5.70. The van der Waals surface area contributed by atoms with E-state index in [1.54, 1.807) is 44.2 Å². The smallest absolute Gasteiger partial charge is 0.320 e. The first kappa shape index (κ1) is 14.3. The highest BCUT2D eigenvalue weighted by atomic mass is 16.5. The summed E-state index contributed by atoms with van der Waals surface area (Å²) in [5, 5.41) is 18.8. The second-order valence-corrected chi connectivity index (χ2v) is 4.28. The van der Waals surface area contributed by atoms with Crippen molar-refractivity contribution in [2.45, 2.75) is 25.9 Å². The topological polar surface area (TPSA) is 70.0 Å². The zero-order valence-electron chi connectivity index (χ0n) is 11.0. The van der Waals surface area contributed by atoms with Gasteiger partial charge in [-0.15, -0.1) is 0 Å². The largest absolute Gasteiger partial charge is 0.508 e. The van der Waals surface area contributed by atoms with Crippen LogP contribution in [0, 0.1) is 0 Å². The summed E-state index contributed by atoms with van der Waals surface area (Å²) in [5.41, 5.74) is 0.643. The second kappa shape index (κ2) is 5.73. The van der Waals surface area contributed by atoms with Crippen LogP contribution in [0.5, 0.6) is 11.5 Å². The van der Waals surface area contributed by atoms with E-state index in [4.69, 9.17) is 9.84 Å². The summed E-state index contributed by atoms with van der Waals surface area (Å²) in [4.78, 5) is 12.6. The number of methoxy groups -OCH3 is 1. The minimum absolute atomic E-state index is 0.132. The van der Waals surface area contributed by atoms with E-state index in [-0.39, 0.29) is 11.8 Å². The van der Waals surface area contributed by atoms with E-state index < -0.39 is 12.0 Å². The first-order valence-electron chi connectivity index (χ1n) is 5.70. The molecule has 18 heavy (non-hydrogen) atoms. The van der Waals surface area contributed by atoms with E-state index in [0.717, 1.165) is 0 Å². The third-order valence-corrected chi connectivity index (χ3v) is 3.26. The highest BCUT2D eigenvalue weighted by molar-refractivity contribution is 5.72. The maximum Gasteiger partial charge on any atom is 0.320 e. The van der Waals surface area contributed by atoms with E-state index in [1.165, 1.54) is 0 Å². The average molecular weight is 253 g/mol. The molecule has 0 bridgehead atoms. The average Bonchev–Trinajstić information content (AvgIpc) is 2.36. The van der Waals surface area contributed by atoms with Gasteiger partial charge in [0.05, 0.1) is 7.11 Å². The number of phenols is 1. The summed E-state index contributed by atoms with van der Waals surface area (Å²) in [7, 11) is 3.26. The first-order chi connectivity index (χ1) is 8.38. The van der Waals surface area contributed by atoms with Crippen LogP contribution in [0.2, 0.25) is 0 Å². The lowest BCUT2D eigenvalue weighted by molar-refractivity contribution is -0.142. The fourth-order valence-corrected chi connectivity index (χ4v) is 1.72. The molecule has 0 aliphatic rings. The Morgan fingerprint density at radius 1 is 1.39 bits per heavy atom. The molecule has 0 spiro atoms. The molecule has 0 fully saturated rings. The zero-order chi connectivity index (χ0) is 13.9. The number of likely N-dealkylation sites (N-methyl/N-ethyl adjacent to an activating group) is 1. The van der Waals surface area contributed by atoms with Crippen LogP contribution in [-0.4, -0.2) is 41.3 Å². The molecule has 0 heterocycles. The van der Waals surface area contributed by atoms with Crippen molar-refractivity contribution in [3.63, 3.8) is 0 Å². The summed E-state index contributed by atoms with van der Waals surface area (Å²) in [6.07, 6.45) is 0. The van der Waals surface area contributed by atoms with Crippen molar-refractivity contribution in [3.8, 4) is 11.5 Å². The molecule has 100 valence electrons. The van der Waals surface area contributed by atoms with Crippen molar-refractivity contribution >= 4 is 5.97 Å². The van der Waals surface area contributed by atoms with Crippen LogP contribution in [0.25, 0.3) is 0 Å². The summed E-state index contributed by atoms with van der Waals surface area (Å²) in [5.74, 6) is -0.134. The van der Waals surface area contributed by atoms with E-state index in [9.17, 15) is 9.90 Å². The maximum absolute atomic E-state index is 11.0. The Labute approximate surface area is 107 Å². The molecule has 0 aliphatic heterocycles. The number of carbonyl (C=O) groups is 1. The van der Waals surface area contributed by atoms with Crippen LogP contribution in [0.3, 0.4) is 0 Å². The van der Waals surface area contributed by atoms with Gasteiger partial charge in [0.2, 0.25) is 0 Å². The maximum atomic E-state index is 11.0. The number of phenolic OH excluding ortho intramolecular Hbond substituents is 1. The van der Waals surface area contributed by atoms with Crippen molar-refractivity contribution in [1.82, 2.24) is 4.90 Å². The number of rotatable bonds is 5. The van der Waals surface area contributed by atoms with E-state index >= 15 is 0 Å².